The molecule has 200 valence electrons. The van der Waals surface area contributed by atoms with E-state index in [-0.39, 0.29) is 23.8 Å². The third-order valence-electron chi connectivity index (χ3n) is 7.83. The summed E-state index contributed by atoms with van der Waals surface area (Å²) in [5.74, 6) is 6.64. The van der Waals surface area contributed by atoms with E-state index >= 15 is 0 Å². The molecule has 3 aromatic carbocycles. The minimum atomic E-state index is -0.117. The SMILES string of the molecule is COC1CNCC1C(CCc1ccc(C#Cc2ccc(C)cc2)cc1)C(=O)NCCc1c[nH]c2ccccc12. The van der Waals surface area contributed by atoms with Gasteiger partial charge in [-0.15, -0.1) is 0 Å². The van der Waals surface area contributed by atoms with Gasteiger partial charge in [0.1, 0.15) is 0 Å². The summed E-state index contributed by atoms with van der Waals surface area (Å²) in [7, 11) is 1.74. The molecule has 0 bridgehead atoms. The van der Waals surface area contributed by atoms with Crippen LogP contribution in [0.1, 0.15) is 34.2 Å². The number of aromatic amines is 1. The number of hydrogen-bond donors (Lipinski definition) is 3. The highest BCUT2D eigenvalue weighted by atomic mass is 16.5. The summed E-state index contributed by atoms with van der Waals surface area (Å²) in [4.78, 5) is 16.8. The van der Waals surface area contributed by atoms with Crippen molar-refractivity contribution in [2.45, 2.75) is 32.3 Å². The third-order valence-corrected chi connectivity index (χ3v) is 7.83. The fourth-order valence-corrected chi connectivity index (χ4v) is 5.52. The van der Waals surface area contributed by atoms with Gasteiger partial charge in [0, 0.05) is 66.8 Å². The molecule has 1 aliphatic rings. The molecule has 2 heterocycles. The summed E-state index contributed by atoms with van der Waals surface area (Å²) in [6.07, 6.45) is 4.50. The number of hydrogen-bond acceptors (Lipinski definition) is 3. The second-order valence-corrected chi connectivity index (χ2v) is 10.5. The summed E-state index contributed by atoms with van der Waals surface area (Å²) in [6, 6.07) is 24.9. The molecule has 0 saturated carbocycles. The Kier molecular flexibility index (Phi) is 8.78. The number of ether oxygens (including phenoxy) is 1. The van der Waals surface area contributed by atoms with Crippen molar-refractivity contribution in [3.63, 3.8) is 0 Å². The number of amides is 1. The smallest absolute Gasteiger partial charge is 0.223 e. The molecule has 0 aliphatic carbocycles. The number of nitrogens with one attached hydrogen (secondary N) is 3. The molecule has 39 heavy (non-hydrogen) atoms. The topological polar surface area (TPSA) is 66.2 Å². The quantitative estimate of drug-likeness (QED) is 0.272. The van der Waals surface area contributed by atoms with E-state index in [4.69, 9.17) is 4.74 Å². The first-order valence-electron chi connectivity index (χ1n) is 13.8. The van der Waals surface area contributed by atoms with Gasteiger partial charge in [-0.2, -0.15) is 0 Å². The molecule has 0 radical (unpaired) electrons. The number of H-pyrrole nitrogens is 1. The highest BCUT2D eigenvalue weighted by molar-refractivity contribution is 5.83. The average Bonchev–Trinajstić information content (AvgIpc) is 3.61. The number of carbonyl (C=O) groups excluding carboxylic acids is 1. The largest absolute Gasteiger partial charge is 0.380 e. The van der Waals surface area contributed by atoms with Gasteiger partial charge in [-0.05, 0) is 67.6 Å². The van der Waals surface area contributed by atoms with Crippen LogP contribution in [0.15, 0.2) is 79.0 Å². The maximum atomic E-state index is 13.5. The molecule has 1 aliphatic heterocycles. The second kappa shape index (κ2) is 12.8. The van der Waals surface area contributed by atoms with E-state index in [0.717, 1.165) is 49.0 Å². The van der Waals surface area contributed by atoms with Crippen LogP contribution in [0.2, 0.25) is 0 Å². The lowest BCUT2D eigenvalue weighted by Crippen LogP contribution is -2.40. The van der Waals surface area contributed by atoms with E-state index < -0.39 is 0 Å². The van der Waals surface area contributed by atoms with Crippen LogP contribution in [-0.4, -0.2) is 43.7 Å². The molecule has 1 saturated heterocycles. The van der Waals surface area contributed by atoms with Crippen molar-refractivity contribution in [1.29, 1.82) is 0 Å². The molecule has 3 N–H and O–H groups in total. The summed E-state index contributed by atoms with van der Waals surface area (Å²) in [5.41, 5.74) is 6.81. The number of para-hydroxylation sites is 1. The Balaban J connectivity index is 1.20. The molecule has 5 nitrogen and oxygen atoms in total. The number of methoxy groups -OCH3 is 1. The Morgan fingerprint density at radius 2 is 1.69 bits per heavy atom. The molecular weight excluding hydrogens is 482 g/mol. The molecule has 0 spiro atoms. The minimum Gasteiger partial charge on any atom is -0.380 e. The Hall–Kier alpha value is -3.85. The molecule has 3 atom stereocenters. The summed E-state index contributed by atoms with van der Waals surface area (Å²) < 4.78 is 5.74. The van der Waals surface area contributed by atoms with E-state index in [1.165, 1.54) is 22.1 Å². The zero-order valence-corrected chi connectivity index (χ0v) is 22.8. The Bertz CT molecular complexity index is 1440. The van der Waals surface area contributed by atoms with Crippen molar-refractivity contribution in [2.75, 3.05) is 26.7 Å². The Labute approximate surface area is 231 Å². The normalized spacial score (nSPS) is 17.5. The van der Waals surface area contributed by atoms with Gasteiger partial charge >= 0.3 is 0 Å². The van der Waals surface area contributed by atoms with Crippen molar-refractivity contribution >= 4 is 16.8 Å². The number of fused-ring (bicyclic) bond motifs is 1. The zero-order valence-electron chi connectivity index (χ0n) is 22.8. The standard InChI is InChI=1S/C34H37N3O2/c1-24-7-9-25(10-8-24)11-12-26-13-15-27(16-14-26)17-18-30(31-22-35-23-33(31)39-2)34(38)36-20-19-28-21-37-32-6-4-3-5-29(28)32/h3-10,13-16,21,30-31,33,35,37H,17-20,22-23H2,1-2H3,(H,36,38). The molecule has 1 fully saturated rings. The summed E-state index contributed by atoms with van der Waals surface area (Å²) in [5, 5.41) is 7.87. The summed E-state index contributed by atoms with van der Waals surface area (Å²) in [6.45, 7) is 4.28. The molecule has 3 unspecified atom stereocenters. The first-order valence-corrected chi connectivity index (χ1v) is 13.8. The van der Waals surface area contributed by atoms with Crippen LogP contribution in [0.5, 0.6) is 0 Å². The van der Waals surface area contributed by atoms with Crippen molar-refractivity contribution in [2.24, 2.45) is 11.8 Å². The first kappa shape index (κ1) is 26.7. The monoisotopic (exact) mass is 519 g/mol. The van der Waals surface area contributed by atoms with Crippen LogP contribution >= 0.6 is 0 Å². The van der Waals surface area contributed by atoms with Crippen molar-refractivity contribution in [1.82, 2.24) is 15.6 Å². The van der Waals surface area contributed by atoms with Crippen LogP contribution in [0.3, 0.4) is 0 Å². The Morgan fingerprint density at radius 3 is 2.44 bits per heavy atom. The number of rotatable bonds is 9. The van der Waals surface area contributed by atoms with Crippen LogP contribution in [0.4, 0.5) is 0 Å². The lowest BCUT2D eigenvalue weighted by atomic mass is 9.84. The predicted octanol–water partition coefficient (Wildman–Crippen LogP) is 5.02. The van der Waals surface area contributed by atoms with E-state index in [1.807, 2.05) is 24.4 Å². The highest BCUT2D eigenvalue weighted by Gasteiger charge is 2.37. The lowest BCUT2D eigenvalue weighted by Gasteiger charge is -2.26. The molecular formula is C34H37N3O2. The van der Waals surface area contributed by atoms with Crippen LogP contribution in [0.25, 0.3) is 10.9 Å². The van der Waals surface area contributed by atoms with Crippen molar-refractivity contribution < 1.29 is 9.53 Å². The highest BCUT2D eigenvalue weighted by Crippen LogP contribution is 2.27. The van der Waals surface area contributed by atoms with E-state index in [9.17, 15) is 4.79 Å². The van der Waals surface area contributed by atoms with Crippen molar-refractivity contribution in [3.05, 3.63) is 107 Å². The van der Waals surface area contributed by atoms with Gasteiger partial charge in [-0.3, -0.25) is 4.79 Å². The zero-order chi connectivity index (χ0) is 27.0. The fraction of sp³-hybridized carbons (Fsp3) is 0.324. The van der Waals surface area contributed by atoms with Crippen LogP contribution in [0, 0.1) is 30.6 Å². The molecule has 4 aromatic rings. The van der Waals surface area contributed by atoms with Crippen LogP contribution in [-0.2, 0) is 22.4 Å². The van der Waals surface area contributed by atoms with Gasteiger partial charge in [-0.1, -0.05) is 59.9 Å². The maximum absolute atomic E-state index is 13.5. The summed E-state index contributed by atoms with van der Waals surface area (Å²) >= 11 is 0. The van der Waals surface area contributed by atoms with Gasteiger partial charge in [0.05, 0.1) is 6.10 Å². The maximum Gasteiger partial charge on any atom is 0.223 e. The molecule has 5 heteroatoms. The fourth-order valence-electron chi connectivity index (χ4n) is 5.52. The minimum absolute atomic E-state index is 0.0498. The first-order chi connectivity index (χ1) is 19.1. The second-order valence-electron chi connectivity index (χ2n) is 10.5. The lowest BCUT2D eigenvalue weighted by molar-refractivity contribution is -0.128. The number of benzene rings is 3. The van der Waals surface area contributed by atoms with Gasteiger partial charge in [0.15, 0.2) is 0 Å². The Morgan fingerprint density at radius 1 is 0.974 bits per heavy atom. The van der Waals surface area contributed by atoms with E-state index in [0.29, 0.717) is 6.54 Å². The predicted molar refractivity (Wildman–Crippen MR) is 158 cm³/mol. The molecule has 1 aromatic heterocycles. The number of aryl methyl sites for hydroxylation is 2. The van der Waals surface area contributed by atoms with Gasteiger partial charge in [0.25, 0.3) is 0 Å². The van der Waals surface area contributed by atoms with E-state index in [1.54, 1.807) is 7.11 Å². The van der Waals surface area contributed by atoms with Gasteiger partial charge in [0.2, 0.25) is 5.91 Å². The van der Waals surface area contributed by atoms with Crippen LogP contribution < -0.4 is 10.6 Å². The van der Waals surface area contributed by atoms with Gasteiger partial charge < -0.3 is 20.4 Å². The molecule has 5 rings (SSSR count). The van der Waals surface area contributed by atoms with Gasteiger partial charge in [-0.25, -0.2) is 0 Å². The molecule has 1 amide bonds. The third kappa shape index (κ3) is 6.78. The number of carbonyl (C=O) groups is 1. The van der Waals surface area contributed by atoms with Crippen molar-refractivity contribution in [3.8, 4) is 11.8 Å². The van der Waals surface area contributed by atoms with E-state index in [2.05, 4.69) is 89.0 Å². The average molecular weight is 520 g/mol. The number of aromatic nitrogens is 1.